The molecule has 0 atom stereocenters. The summed E-state index contributed by atoms with van der Waals surface area (Å²) in [5, 5.41) is 0. The summed E-state index contributed by atoms with van der Waals surface area (Å²) >= 11 is 0. The van der Waals surface area contributed by atoms with Gasteiger partial charge in [0.1, 0.15) is 0 Å². The van der Waals surface area contributed by atoms with Crippen molar-refractivity contribution in [1.29, 1.82) is 0 Å². The van der Waals surface area contributed by atoms with Crippen LogP contribution in [0, 0.1) is 0 Å². The molecule has 0 aliphatic rings. The Labute approximate surface area is 88.9 Å². The zero-order valence-electron chi connectivity index (χ0n) is 6.24. The van der Waals surface area contributed by atoms with Gasteiger partial charge >= 0.3 is 35.5 Å². The van der Waals surface area contributed by atoms with Crippen molar-refractivity contribution in [3.8, 4) is 0 Å². The molecule has 58 valence electrons. The maximum atomic E-state index is 10.3. The second-order valence-corrected chi connectivity index (χ2v) is 2.40. The maximum absolute atomic E-state index is 10.3. The van der Waals surface area contributed by atoms with Crippen LogP contribution in [-0.2, 0) is 28.7 Å². The Morgan fingerprint density at radius 1 is 1.55 bits per heavy atom. The number of hydrogen-bond acceptors (Lipinski definition) is 5. The van der Waals surface area contributed by atoms with E-state index in [9.17, 15) is 13.2 Å². The van der Waals surface area contributed by atoms with Crippen LogP contribution >= 0.6 is 0 Å². The molecule has 0 saturated carbocycles. The van der Waals surface area contributed by atoms with Crippen molar-refractivity contribution in [2.24, 2.45) is 0 Å². The van der Waals surface area contributed by atoms with Crippen molar-refractivity contribution in [1.82, 2.24) is 0 Å². The Kier molecular flexibility index (Phi) is 10.3. The van der Waals surface area contributed by atoms with Gasteiger partial charge in [-0.15, -0.1) is 0 Å². The summed E-state index contributed by atoms with van der Waals surface area (Å²) in [6, 6.07) is 0. The first kappa shape index (κ1) is 13.7. The van der Waals surface area contributed by atoms with Crippen molar-refractivity contribution in [2.45, 2.75) is 0 Å². The minimum Gasteiger partial charge on any atom is -0.464 e. The first-order valence-corrected chi connectivity index (χ1v) is 3.76. The molecule has 0 N–H and O–H groups in total. The van der Waals surface area contributed by atoms with Gasteiger partial charge in [-0.05, 0) is 5.75 Å². The zero-order valence-corrected chi connectivity index (χ0v) is 9.06. The van der Waals surface area contributed by atoms with Crippen LogP contribution in [0.5, 0.6) is 0 Å². The predicted molar refractivity (Wildman–Crippen MR) is 34.8 cm³/mol. The summed E-state index contributed by atoms with van der Waals surface area (Å²) in [5.41, 5.74) is 0. The number of rotatable bonds is 4. The van der Waals surface area contributed by atoms with E-state index in [4.69, 9.17) is 0 Å². The van der Waals surface area contributed by atoms with Crippen molar-refractivity contribution in [2.75, 3.05) is 12.4 Å². The minimum absolute atomic E-state index is 0. The number of hydrogen-bond donors (Lipinski definition) is 0. The largest absolute Gasteiger partial charge is 1.00 e. The van der Waals surface area contributed by atoms with Gasteiger partial charge in [0.25, 0.3) is 0 Å². The summed E-state index contributed by atoms with van der Waals surface area (Å²) in [6.45, 7) is 3.02. The molecule has 0 aliphatic heterocycles. The molecule has 0 aromatic rings. The molecule has 0 radical (unpaired) electrons. The van der Waals surface area contributed by atoms with Crippen molar-refractivity contribution < 1.29 is 47.5 Å². The predicted octanol–water partition coefficient (Wildman–Crippen LogP) is -2.97. The van der Waals surface area contributed by atoms with Gasteiger partial charge in [-0.25, -0.2) is 4.79 Å². The fourth-order valence-corrected chi connectivity index (χ4v) is 0.489. The van der Waals surface area contributed by atoms with E-state index in [1.807, 2.05) is 0 Å². The molecular formula is C5H7NaO4S. The SMILES string of the molecule is C=CC(=O)OCC[S-](=O)=O.[Na+]. The van der Waals surface area contributed by atoms with Gasteiger partial charge in [-0.2, -0.15) is 0 Å². The number of ether oxygens (including phenoxy) is 1. The molecule has 0 bridgehead atoms. The van der Waals surface area contributed by atoms with Gasteiger partial charge in [0, 0.05) is 6.08 Å². The van der Waals surface area contributed by atoms with Crippen LogP contribution in [0.4, 0.5) is 0 Å². The fraction of sp³-hybridized carbons (Fsp3) is 0.400. The average molecular weight is 186 g/mol. The van der Waals surface area contributed by atoms with Crippen LogP contribution in [0.25, 0.3) is 0 Å². The van der Waals surface area contributed by atoms with E-state index in [0.29, 0.717) is 0 Å². The molecule has 0 rings (SSSR count). The van der Waals surface area contributed by atoms with Crippen LogP contribution < -0.4 is 29.6 Å². The van der Waals surface area contributed by atoms with Crippen LogP contribution in [0.15, 0.2) is 12.7 Å². The third-order valence-electron chi connectivity index (χ3n) is 0.661. The fourth-order valence-electron chi connectivity index (χ4n) is 0.269. The summed E-state index contributed by atoms with van der Waals surface area (Å²) < 4.78 is 24.1. The molecule has 0 aromatic heterocycles. The molecule has 0 amide bonds. The molecule has 0 fully saturated rings. The molecule has 0 spiro atoms. The first-order valence-electron chi connectivity index (χ1n) is 2.52. The number of esters is 1. The summed E-state index contributed by atoms with van der Waals surface area (Å²) in [5.74, 6) is -0.773. The van der Waals surface area contributed by atoms with Gasteiger partial charge in [-0.1, -0.05) is 17.3 Å². The normalized spacial score (nSPS) is 8.45. The monoisotopic (exact) mass is 186 g/mol. The molecule has 0 unspecified atom stereocenters. The molecule has 0 aromatic carbocycles. The third-order valence-corrected chi connectivity index (χ3v) is 1.16. The average Bonchev–Trinajstić information content (AvgIpc) is 1.87. The molecule has 0 heterocycles. The number of carbonyl (C=O) groups excluding carboxylic acids is 1. The molecular weight excluding hydrogens is 179 g/mol. The standard InChI is InChI=1S/C5H7O4S.Na/c1-2-5(6)9-3-4-10(7)8;/h2H,1,3-4H2;/q-1;+1. The second-order valence-electron chi connectivity index (χ2n) is 1.38. The van der Waals surface area contributed by atoms with Crippen molar-refractivity contribution in [3.63, 3.8) is 0 Å². The molecule has 0 saturated heterocycles. The van der Waals surface area contributed by atoms with Crippen molar-refractivity contribution in [3.05, 3.63) is 12.7 Å². The van der Waals surface area contributed by atoms with E-state index in [2.05, 4.69) is 11.3 Å². The molecule has 6 heteroatoms. The van der Waals surface area contributed by atoms with E-state index >= 15 is 0 Å². The molecule has 4 nitrogen and oxygen atoms in total. The van der Waals surface area contributed by atoms with Gasteiger partial charge < -0.3 is 13.2 Å². The van der Waals surface area contributed by atoms with Crippen LogP contribution in [0.2, 0.25) is 0 Å². The Morgan fingerprint density at radius 3 is 2.45 bits per heavy atom. The second kappa shape index (κ2) is 8.26. The Bertz CT molecular complexity index is 191. The Balaban J connectivity index is 0. The van der Waals surface area contributed by atoms with E-state index < -0.39 is 16.7 Å². The maximum Gasteiger partial charge on any atom is 1.00 e. The van der Waals surface area contributed by atoms with Crippen LogP contribution in [0.1, 0.15) is 0 Å². The van der Waals surface area contributed by atoms with Crippen LogP contribution in [0.3, 0.4) is 0 Å². The summed E-state index contributed by atoms with van der Waals surface area (Å²) in [4.78, 5) is 10.3. The van der Waals surface area contributed by atoms with Crippen LogP contribution in [-0.4, -0.2) is 18.3 Å². The third kappa shape index (κ3) is 10.2. The van der Waals surface area contributed by atoms with E-state index in [-0.39, 0.29) is 41.9 Å². The molecule has 0 aliphatic carbocycles. The first-order chi connectivity index (χ1) is 4.66. The summed E-state index contributed by atoms with van der Waals surface area (Å²) in [6.07, 6.45) is 0.980. The molecule has 11 heavy (non-hydrogen) atoms. The van der Waals surface area contributed by atoms with Gasteiger partial charge in [0.05, 0.1) is 6.61 Å². The minimum atomic E-state index is -2.15. The van der Waals surface area contributed by atoms with Gasteiger partial charge in [0.2, 0.25) is 0 Å². The Hall–Kier alpha value is 0.160. The topological polar surface area (TPSA) is 60.4 Å². The number of carbonyl (C=O) groups is 1. The van der Waals surface area contributed by atoms with Gasteiger partial charge in [0.15, 0.2) is 0 Å². The smallest absolute Gasteiger partial charge is 0.464 e. The van der Waals surface area contributed by atoms with E-state index in [1.165, 1.54) is 0 Å². The summed E-state index contributed by atoms with van der Waals surface area (Å²) in [7, 11) is -2.15. The Morgan fingerprint density at radius 2 is 2.09 bits per heavy atom. The van der Waals surface area contributed by atoms with Gasteiger partial charge in [-0.3, -0.25) is 0 Å². The van der Waals surface area contributed by atoms with E-state index in [0.717, 1.165) is 6.08 Å². The zero-order chi connectivity index (χ0) is 7.98. The van der Waals surface area contributed by atoms with E-state index in [1.54, 1.807) is 0 Å². The quantitative estimate of drug-likeness (QED) is 0.203. The van der Waals surface area contributed by atoms with Crippen molar-refractivity contribution >= 4 is 16.7 Å².